The fraction of sp³-hybridized carbons (Fsp3) is 0.333. The van der Waals surface area contributed by atoms with E-state index in [0.717, 1.165) is 18.5 Å². The van der Waals surface area contributed by atoms with Crippen LogP contribution in [-0.2, 0) is 6.54 Å². The molecule has 1 fully saturated rings. The van der Waals surface area contributed by atoms with Crippen LogP contribution in [0.4, 0.5) is 0 Å². The molecule has 0 radical (unpaired) electrons. The molecule has 1 saturated carbocycles. The molecule has 3 rings (SSSR count). The fourth-order valence-corrected chi connectivity index (χ4v) is 3.03. The summed E-state index contributed by atoms with van der Waals surface area (Å²) in [6.07, 6.45) is 1.34. The van der Waals surface area contributed by atoms with Crippen molar-refractivity contribution in [2.24, 2.45) is 5.92 Å². The molecule has 2 atom stereocenters. The highest BCUT2D eigenvalue weighted by Crippen LogP contribution is 2.31. The molecule has 1 aliphatic rings. The van der Waals surface area contributed by atoms with Gasteiger partial charge < -0.3 is 5.32 Å². The standard InChI is InChI=1S/C15H17NS/c1-11-9-14(11)16-10-13-7-8-15(17-13)12-5-3-2-4-6-12/h2-8,11,14,16H,9-10H2,1H3. The molecule has 1 aromatic carbocycles. The first-order valence-electron chi connectivity index (χ1n) is 6.20. The van der Waals surface area contributed by atoms with Gasteiger partial charge in [0, 0.05) is 22.3 Å². The molecule has 88 valence electrons. The largest absolute Gasteiger partial charge is 0.309 e. The number of hydrogen-bond acceptors (Lipinski definition) is 2. The predicted octanol–water partition coefficient (Wildman–Crippen LogP) is 3.91. The van der Waals surface area contributed by atoms with E-state index in [2.05, 4.69) is 54.7 Å². The van der Waals surface area contributed by atoms with Gasteiger partial charge >= 0.3 is 0 Å². The van der Waals surface area contributed by atoms with E-state index in [9.17, 15) is 0 Å². The maximum atomic E-state index is 3.60. The maximum absolute atomic E-state index is 3.60. The second kappa shape index (κ2) is 4.63. The van der Waals surface area contributed by atoms with Gasteiger partial charge in [-0.2, -0.15) is 0 Å². The van der Waals surface area contributed by atoms with Gasteiger partial charge in [0.15, 0.2) is 0 Å². The zero-order valence-corrected chi connectivity index (χ0v) is 10.8. The van der Waals surface area contributed by atoms with E-state index in [1.165, 1.54) is 21.7 Å². The third-order valence-electron chi connectivity index (χ3n) is 3.37. The highest BCUT2D eigenvalue weighted by atomic mass is 32.1. The molecule has 17 heavy (non-hydrogen) atoms. The van der Waals surface area contributed by atoms with Crippen molar-refractivity contribution in [2.75, 3.05) is 0 Å². The topological polar surface area (TPSA) is 12.0 Å². The van der Waals surface area contributed by atoms with Gasteiger partial charge in [0.25, 0.3) is 0 Å². The first kappa shape index (κ1) is 11.0. The lowest BCUT2D eigenvalue weighted by Gasteiger charge is -1.99. The third kappa shape index (κ3) is 2.59. The molecule has 1 aliphatic carbocycles. The summed E-state index contributed by atoms with van der Waals surface area (Å²) in [5, 5.41) is 3.60. The lowest BCUT2D eigenvalue weighted by atomic mass is 10.2. The van der Waals surface area contributed by atoms with Crippen LogP contribution in [0.1, 0.15) is 18.2 Å². The van der Waals surface area contributed by atoms with Crippen molar-refractivity contribution in [2.45, 2.75) is 25.9 Å². The smallest absolute Gasteiger partial charge is 0.0346 e. The zero-order valence-electron chi connectivity index (χ0n) is 10.0. The molecule has 1 nitrogen and oxygen atoms in total. The molecular weight excluding hydrogens is 226 g/mol. The lowest BCUT2D eigenvalue weighted by Crippen LogP contribution is -2.16. The number of rotatable bonds is 4. The predicted molar refractivity (Wildman–Crippen MR) is 74.2 cm³/mol. The normalized spacial score (nSPS) is 22.6. The van der Waals surface area contributed by atoms with Crippen LogP contribution in [-0.4, -0.2) is 6.04 Å². The number of thiophene rings is 1. The third-order valence-corrected chi connectivity index (χ3v) is 4.50. The lowest BCUT2D eigenvalue weighted by molar-refractivity contribution is 0.658. The van der Waals surface area contributed by atoms with Crippen LogP contribution < -0.4 is 5.32 Å². The van der Waals surface area contributed by atoms with Gasteiger partial charge in [-0.25, -0.2) is 0 Å². The van der Waals surface area contributed by atoms with Gasteiger partial charge in [0.05, 0.1) is 0 Å². The average Bonchev–Trinajstić information content (AvgIpc) is 2.90. The van der Waals surface area contributed by atoms with Gasteiger partial charge in [-0.05, 0) is 30.0 Å². The molecule has 0 saturated heterocycles. The van der Waals surface area contributed by atoms with E-state index >= 15 is 0 Å². The Morgan fingerprint density at radius 1 is 1.18 bits per heavy atom. The summed E-state index contributed by atoms with van der Waals surface area (Å²) >= 11 is 1.89. The van der Waals surface area contributed by atoms with Crippen molar-refractivity contribution in [3.05, 3.63) is 47.3 Å². The SMILES string of the molecule is CC1CC1NCc1ccc(-c2ccccc2)s1. The minimum Gasteiger partial charge on any atom is -0.309 e. The van der Waals surface area contributed by atoms with E-state index in [1.54, 1.807) is 0 Å². The Bertz CT molecular complexity index is 489. The van der Waals surface area contributed by atoms with Gasteiger partial charge in [-0.15, -0.1) is 11.3 Å². The molecule has 0 bridgehead atoms. The number of hydrogen-bond donors (Lipinski definition) is 1. The van der Waals surface area contributed by atoms with Gasteiger partial charge in [0.2, 0.25) is 0 Å². The first-order valence-corrected chi connectivity index (χ1v) is 7.02. The monoisotopic (exact) mass is 243 g/mol. The fourth-order valence-electron chi connectivity index (χ4n) is 2.07. The highest BCUT2D eigenvalue weighted by molar-refractivity contribution is 7.15. The van der Waals surface area contributed by atoms with Crippen LogP contribution in [0.5, 0.6) is 0 Å². The maximum Gasteiger partial charge on any atom is 0.0346 e. The second-order valence-corrected chi connectivity index (χ2v) is 6.00. The summed E-state index contributed by atoms with van der Waals surface area (Å²) in [5.41, 5.74) is 1.32. The Balaban J connectivity index is 1.66. The Morgan fingerprint density at radius 2 is 1.94 bits per heavy atom. The van der Waals surface area contributed by atoms with Crippen LogP contribution in [0, 0.1) is 5.92 Å². The molecule has 0 amide bonds. The summed E-state index contributed by atoms with van der Waals surface area (Å²) in [6.45, 7) is 3.33. The van der Waals surface area contributed by atoms with Crippen LogP contribution in [0.2, 0.25) is 0 Å². The van der Waals surface area contributed by atoms with Crippen LogP contribution >= 0.6 is 11.3 Å². The van der Waals surface area contributed by atoms with Crippen molar-refractivity contribution >= 4 is 11.3 Å². The first-order chi connectivity index (χ1) is 8.33. The molecule has 1 heterocycles. The molecular formula is C15H17NS. The van der Waals surface area contributed by atoms with Crippen LogP contribution in [0.25, 0.3) is 10.4 Å². The average molecular weight is 243 g/mol. The van der Waals surface area contributed by atoms with Gasteiger partial charge in [0.1, 0.15) is 0 Å². The highest BCUT2D eigenvalue weighted by Gasteiger charge is 2.31. The van der Waals surface area contributed by atoms with Crippen molar-refractivity contribution in [1.82, 2.24) is 5.32 Å². The minimum absolute atomic E-state index is 0.761. The van der Waals surface area contributed by atoms with Crippen molar-refractivity contribution in [1.29, 1.82) is 0 Å². The molecule has 0 spiro atoms. The Labute approximate surface area is 106 Å². The summed E-state index contributed by atoms with van der Waals surface area (Å²) in [5.74, 6) is 0.878. The van der Waals surface area contributed by atoms with Gasteiger partial charge in [-0.3, -0.25) is 0 Å². The summed E-state index contributed by atoms with van der Waals surface area (Å²) in [6, 6.07) is 15.8. The van der Waals surface area contributed by atoms with Crippen LogP contribution in [0.15, 0.2) is 42.5 Å². The van der Waals surface area contributed by atoms with Crippen molar-refractivity contribution in [3.8, 4) is 10.4 Å². The molecule has 2 heteroatoms. The van der Waals surface area contributed by atoms with E-state index in [-0.39, 0.29) is 0 Å². The van der Waals surface area contributed by atoms with E-state index in [0.29, 0.717) is 0 Å². The zero-order chi connectivity index (χ0) is 11.7. The molecule has 1 aromatic heterocycles. The molecule has 2 aromatic rings. The van der Waals surface area contributed by atoms with E-state index in [4.69, 9.17) is 0 Å². The van der Waals surface area contributed by atoms with Gasteiger partial charge in [-0.1, -0.05) is 37.3 Å². The van der Waals surface area contributed by atoms with Crippen molar-refractivity contribution in [3.63, 3.8) is 0 Å². The summed E-state index contributed by atoms with van der Waals surface area (Å²) in [4.78, 5) is 2.80. The Kier molecular flexibility index (Phi) is 3.00. The van der Waals surface area contributed by atoms with E-state index in [1.807, 2.05) is 11.3 Å². The Morgan fingerprint density at radius 3 is 2.65 bits per heavy atom. The van der Waals surface area contributed by atoms with Crippen molar-refractivity contribution < 1.29 is 0 Å². The minimum atomic E-state index is 0.761. The van der Waals surface area contributed by atoms with E-state index < -0.39 is 0 Å². The quantitative estimate of drug-likeness (QED) is 0.858. The van der Waals surface area contributed by atoms with Crippen LogP contribution in [0.3, 0.4) is 0 Å². The summed E-state index contributed by atoms with van der Waals surface area (Å²) in [7, 11) is 0. The molecule has 0 aliphatic heterocycles. The number of benzene rings is 1. The summed E-state index contributed by atoms with van der Waals surface area (Å²) < 4.78 is 0. The number of nitrogens with one attached hydrogen (secondary N) is 1. The second-order valence-electron chi connectivity index (χ2n) is 4.83. The Hall–Kier alpha value is -1.12. The molecule has 2 unspecified atom stereocenters. The molecule has 1 N–H and O–H groups in total.